The smallest absolute Gasteiger partial charge is 0.226 e. The van der Waals surface area contributed by atoms with Crippen LogP contribution in [0.3, 0.4) is 0 Å². The third-order valence-corrected chi connectivity index (χ3v) is 3.89. The monoisotopic (exact) mass is 276 g/mol. The highest BCUT2D eigenvalue weighted by Gasteiger charge is 2.24. The number of likely N-dealkylation sites (tertiary alicyclic amines) is 1. The molecule has 0 saturated carbocycles. The molecule has 1 saturated heterocycles. The van der Waals surface area contributed by atoms with Gasteiger partial charge in [-0.05, 0) is 49.9 Å². The minimum Gasteiger partial charge on any atom is -0.493 e. The summed E-state index contributed by atoms with van der Waals surface area (Å²) in [6.07, 6.45) is 1.46. The molecule has 20 heavy (non-hydrogen) atoms. The van der Waals surface area contributed by atoms with E-state index < -0.39 is 0 Å². The van der Waals surface area contributed by atoms with Gasteiger partial charge in [0.1, 0.15) is 5.75 Å². The lowest BCUT2D eigenvalue weighted by molar-refractivity contribution is -0.130. The summed E-state index contributed by atoms with van der Waals surface area (Å²) < 4.78 is 5.73. The van der Waals surface area contributed by atoms with Gasteiger partial charge in [-0.2, -0.15) is 0 Å². The summed E-state index contributed by atoms with van der Waals surface area (Å²) in [4.78, 5) is 14.0. The van der Waals surface area contributed by atoms with Crippen LogP contribution in [0.25, 0.3) is 0 Å². The molecule has 0 spiro atoms. The Labute approximate surface area is 120 Å². The molecule has 2 N–H and O–H groups in total. The summed E-state index contributed by atoms with van der Waals surface area (Å²) in [5.74, 6) is 1.52. The topological polar surface area (TPSA) is 55.6 Å². The van der Waals surface area contributed by atoms with Gasteiger partial charge in [-0.1, -0.05) is 12.1 Å². The van der Waals surface area contributed by atoms with Gasteiger partial charge in [0.2, 0.25) is 5.91 Å². The number of benzene rings is 1. The summed E-state index contributed by atoms with van der Waals surface area (Å²) in [6.45, 7) is 6.80. The lowest BCUT2D eigenvalue weighted by atomic mass is 10.1. The predicted octanol–water partition coefficient (Wildman–Crippen LogP) is 1.88. The molecule has 0 radical (unpaired) electrons. The van der Waals surface area contributed by atoms with Crippen LogP contribution >= 0.6 is 0 Å². The molecule has 4 nitrogen and oxygen atoms in total. The molecule has 1 aromatic rings. The van der Waals surface area contributed by atoms with Crippen molar-refractivity contribution < 1.29 is 9.53 Å². The van der Waals surface area contributed by atoms with E-state index in [0.29, 0.717) is 25.5 Å². The Hall–Kier alpha value is -1.55. The summed E-state index contributed by atoms with van der Waals surface area (Å²) >= 11 is 0. The van der Waals surface area contributed by atoms with Crippen molar-refractivity contribution in [1.82, 2.24) is 4.90 Å². The Bertz CT molecular complexity index is 474. The van der Waals surface area contributed by atoms with Gasteiger partial charge in [0, 0.05) is 13.1 Å². The van der Waals surface area contributed by atoms with Gasteiger partial charge in [-0.25, -0.2) is 0 Å². The normalized spacial score (nSPS) is 18.4. The first-order chi connectivity index (χ1) is 9.60. The maximum absolute atomic E-state index is 12.1. The molecule has 1 atom stereocenters. The van der Waals surface area contributed by atoms with Crippen LogP contribution in [0.1, 0.15) is 24.0 Å². The van der Waals surface area contributed by atoms with Crippen LogP contribution in [0.15, 0.2) is 18.2 Å². The standard InChI is InChI=1S/C16H24N2O2/c1-12-3-4-13(2)15(9-12)20-8-6-16(19)18-7-5-14(10-17)11-18/h3-4,9,14H,5-8,10-11,17H2,1-2H3/t14-/m1/s1. The van der Waals surface area contributed by atoms with Gasteiger partial charge in [-0.15, -0.1) is 0 Å². The van der Waals surface area contributed by atoms with E-state index in [9.17, 15) is 4.79 Å². The zero-order valence-corrected chi connectivity index (χ0v) is 12.4. The van der Waals surface area contributed by atoms with Crippen molar-refractivity contribution in [3.8, 4) is 5.75 Å². The molecule has 0 unspecified atom stereocenters. The van der Waals surface area contributed by atoms with Crippen molar-refractivity contribution >= 4 is 5.91 Å². The number of rotatable bonds is 5. The van der Waals surface area contributed by atoms with Gasteiger partial charge < -0.3 is 15.4 Å². The Morgan fingerprint density at radius 1 is 1.45 bits per heavy atom. The number of hydrogen-bond acceptors (Lipinski definition) is 3. The molecule has 0 bridgehead atoms. The highest BCUT2D eigenvalue weighted by molar-refractivity contribution is 5.76. The first kappa shape index (κ1) is 14.9. The summed E-state index contributed by atoms with van der Waals surface area (Å²) in [5, 5.41) is 0. The fourth-order valence-electron chi connectivity index (χ4n) is 2.52. The summed E-state index contributed by atoms with van der Waals surface area (Å²) in [7, 11) is 0. The molecule has 1 aromatic carbocycles. The fraction of sp³-hybridized carbons (Fsp3) is 0.562. The zero-order chi connectivity index (χ0) is 14.5. The largest absolute Gasteiger partial charge is 0.493 e. The second kappa shape index (κ2) is 6.75. The minimum absolute atomic E-state index is 0.172. The van der Waals surface area contributed by atoms with Crippen molar-refractivity contribution in [2.45, 2.75) is 26.7 Å². The first-order valence-electron chi connectivity index (χ1n) is 7.28. The lowest BCUT2D eigenvalue weighted by Gasteiger charge is -2.17. The number of amides is 1. The first-order valence-corrected chi connectivity index (χ1v) is 7.28. The molecule has 2 rings (SSSR count). The lowest BCUT2D eigenvalue weighted by Crippen LogP contribution is -2.30. The van der Waals surface area contributed by atoms with E-state index >= 15 is 0 Å². The van der Waals surface area contributed by atoms with E-state index in [1.165, 1.54) is 5.56 Å². The molecule has 1 amide bonds. The highest BCUT2D eigenvalue weighted by atomic mass is 16.5. The van der Waals surface area contributed by atoms with Crippen molar-refractivity contribution in [2.75, 3.05) is 26.2 Å². The molecule has 1 heterocycles. The van der Waals surface area contributed by atoms with Gasteiger partial charge in [-0.3, -0.25) is 4.79 Å². The molecule has 4 heteroatoms. The minimum atomic E-state index is 0.172. The fourth-order valence-corrected chi connectivity index (χ4v) is 2.52. The van der Waals surface area contributed by atoms with Crippen LogP contribution in [0.2, 0.25) is 0 Å². The summed E-state index contributed by atoms with van der Waals surface area (Å²) in [6, 6.07) is 6.11. The van der Waals surface area contributed by atoms with Crippen LogP contribution in [0, 0.1) is 19.8 Å². The van der Waals surface area contributed by atoms with Crippen LogP contribution in [-0.4, -0.2) is 37.0 Å². The van der Waals surface area contributed by atoms with Crippen molar-refractivity contribution in [3.63, 3.8) is 0 Å². The van der Waals surface area contributed by atoms with Gasteiger partial charge in [0.15, 0.2) is 0 Å². The number of carbonyl (C=O) groups is 1. The zero-order valence-electron chi connectivity index (χ0n) is 12.4. The molecule has 1 aliphatic rings. The third kappa shape index (κ3) is 3.73. The van der Waals surface area contributed by atoms with Crippen molar-refractivity contribution in [2.24, 2.45) is 11.7 Å². The third-order valence-electron chi connectivity index (χ3n) is 3.89. The van der Waals surface area contributed by atoms with Gasteiger partial charge in [0.25, 0.3) is 0 Å². The van der Waals surface area contributed by atoms with Crippen LogP contribution in [0.5, 0.6) is 5.75 Å². The molecule has 1 aliphatic heterocycles. The quantitative estimate of drug-likeness (QED) is 0.893. The van der Waals surface area contributed by atoms with Crippen molar-refractivity contribution in [3.05, 3.63) is 29.3 Å². The van der Waals surface area contributed by atoms with E-state index in [4.69, 9.17) is 10.5 Å². The number of hydrogen-bond donors (Lipinski definition) is 1. The maximum Gasteiger partial charge on any atom is 0.226 e. The predicted molar refractivity (Wildman–Crippen MR) is 79.8 cm³/mol. The maximum atomic E-state index is 12.1. The van der Waals surface area contributed by atoms with E-state index in [-0.39, 0.29) is 5.91 Å². The number of nitrogens with two attached hydrogens (primary N) is 1. The van der Waals surface area contributed by atoms with E-state index in [2.05, 4.69) is 6.07 Å². The number of aryl methyl sites for hydroxylation is 2. The van der Waals surface area contributed by atoms with Gasteiger partial charge >= 0.3 is 0 Å². The van der Waals surface area contributed by atoms with Crippen LogP contribution in [0.4, 0.5) is 0 Å². The van der Waals surface area contributed by atoms with E-state index in [0.717, 1.165) is 30.8 Å². The SMILES string of the molecule is Cc1ccc(C)c(OCCC(=O)N2CC[C@H](CN)C2)c1. The Morgan fingerprint density at radius 2 is 2.25 bits per heavy atom. The Morgan fingerprint density at radius 3 is 2.95 bits per heavy atom. The molecule has 110 valence electrons. The van der Waals surface area contributed by atoms with Crippen LogP contribution < -0.4 is 10.5 Å². The second-order valence-corrected chi connectivity index (χ2v) is 5.60. The Balaban J connectivity index is 1.78. The molecular weight excluding hydrogens is 252 g/mol. The average molecular weight is 276 g/mol. The second-order valence-electron chi connectivity index (χ2n) is 5.60. The van der Waals surface area contributed by atoms with E-state index in [1.807, 2.05) is 30.9 Å². The average Bonchev–Trinajstić information content (AvgIpc) is 2.91. The number of nitrogens with zero attached hydrogens (tertiary/aromatic N) is 1. The number of carbonyl (C=O) groups excluding carboxylic acids is 1. The van der Waals surface area contributed by atoms with Crippen LogP contribution in [-0.2, 0) is 4.79 Å². The molecule has 0 aliphatic carbocycles. The molecule has 0 aromatic heterocycles. The summed E-state index contributed by atoms with van der Waals surface area (Å²) in [5.41, 5.74) is 7.91. The highest BCUT2D eigenvalue weighted by Crippen LogP contribution is 2.20. The number of ether oxygens (including phenoxy) is 1. The van der Waals surface area contributed by atoms with E-state index in [1.54, 1.807) is 0 Å². The Kier molecular flexibility index (Phi) is 5.01. The van der Waals surface area contributed by atoms with Gasteiger partial charge in [0.05, 0.1) is 13.0 Å². The molecule has 1 fully saturated rings. The van der Waals surface area contributed by atoms with Crippen molar-refractivity contribution in [1.29, 1.82) is 0 Å². The molecular formula is C16H24N2O2.